The van der Waals surface area contributed by atoms with Crippen molar-refractivity contribution in [2.75, 3.05) is 25.0 Å². The highest BCUT2D eigenvalue weighted by molar-refractivity contribution is 6.36. The summed E-state index contributed by atoms with van der Waals surface area (Å²) in [6.07, 6.45) is 4.31. The average Bonchev–Trinajstić information content (AvgIpc) is 3.42. The molecule has 1 unspecified atom stereocenters. The van der Waals surface area contributed by atoms with E-state index in [1.807, 2.05) is 42.8 Å². The van der Waals surface area contributed by atoms with E-state index in [1.54, 1.807) is 0 Å². The molecule has 4 heterocycles. The van der Waals surface area contributed by atoms with Gasteiger partial charge in [0.1, 0.15) is 13.7 Å². The van der Waals surface area contributed by atoms with E-state index < -0.39 is 0 Å². The van der Waals surface area contributed by atoms with E-state index in [0.29, 0.717) is 10.9 Å². The fourth-order valence-corrected chi connectivity index (χ4v) is 5.68. The molecule has 6 rings (SSSR count). The first-order valence-corrected chi connectivity index (χ1v) is 13.0. The van der Waals surface area contributed by atoms with Crippen molar-refractivity contribution in [2.45, 2.75) is 19.4 Å². The van der Waals surface area contributed by atoms with Crippen LogP contribution in [-0.4, -0.2) is 51.5 Å². The predicted molar refractivity (Wildman–Crippen MR) is 151 cm³/mol. The first-order valence-electron chi connectivity index (χ1n) is 12.7. The highest BCUT2D eigenvalue weighted by Crippen LogP contribution is 2.29. The molecule has 6 nitrogen and oxygen atoms in total. The molecule has 0 bridgehead atoms. The molecule has 1 saturated heterocycles. The van der Waals surface area contributed by atoms with Gasteiger partial charge in [-0.1, -0.05) is 48.0 Å². The Morgan fingerprint density at radius 1 is 1.11 bits per heavy atom. The molecule has 0 saturated carbocycles. The molecule has 1 fully saturated rings. The minimum Gasteiger partial charge on any atom is -0.370 e. The molecule has 36 heavy (non-hydrogen) atoms. The largest absolute Gasteiger partial charge is 0.370 e. The molecule has 0 radical (unpaired) electrons. The van der Waals surface area contributed by atoms with Crippen LogP contribution < -0.4 is 10.8 Å². The molecule has 1 N–H and O–H groups in total. The number of likely N-dealkylation sites (tertiary alicyclic amines) is 1. The van der Waals surface area contributed by atoms with Gasteiger partial charge >= 0.3 is 0 Å². The van der Waals surface area contributed by atoms with Crippen molar-refractivity contribution in [2.24, 2.45) is 13.0 Å². The predicted octanol–water partition coefficient (Wildman–Crippen LogP) is 4.12. The third kappa shape index (κ3) is 4.38. The van der Waals surface area contributed by atoms with Crippen molar-refractivity contribution in [3.05, 3.63) is 77.6 Å². The van der Waals surface area contributed by atoms with E-state index >= 15 is 0 Å². The third-order valence-corrected chi connectivity index (χ3v) is 7.74. The number of benzene rings is 2. The van der Waals surface area contributed by atoms with Crippen LogP contribution in [0, 0.1) is 5.92 Å². The van der Waals surface area contributed by atoms with Gasteiger partial charge in [-0.2, -0.15) is 9.61 Å². The third-order valence-electron chi connectivity index (χ3n) is 7.41. The topological polar surface area (TPSA) is 50.4 Å². The molecular formula is C28H30BClN6. The van der Waals surface area contributed by atoms with Gasteiger partial charge in [0.2, 0.25) is 0 Å². The van der Waals surface area contributed by atoms with Crippen molar-refractivity contribution < 1.29 is 0 Å². The Morgan fingerprint density at radius 2 is 1.94 bits per heavy atom. The summed E-state index contributed by atoms with van der Waals surface area (Å²) < 4.78 is 4.24. The van der Waals surface area contributed by atoms with Crippen LogP contribution in [0.25, 0.3) is 27.8 Å². The molecule has 2 aromatic carbocycles. The molecule has 5 aromatic rings. The number of anilines is 1. The Morgan fingerprint density at radius 3 is 2.81 bits per heavy atom. The van der Waals surface area contributed by atoms with Crippen molar-refractivity contribution in [1.29, 1.82) is 0 Å². The van der Waals surface area contributed by atoms with Gasteiger partial charge < -0.3 is 9.88 Å². The standard InChI is InChI=1S/C28H30BClN6/c1-34-21(13-20-8-2-5-11-26(20)34)18-35-12-6-7-19(17-35)15-31-27-14-25(22-9-3-4-10-24(22)30)33-28-23(29)16-32-36(27)28/h2-5,8-11,13-14,16,19,31H,6-7,12,15,17-18,29H2,1H3. The van der Waals surface area contributed by atoms with Crippen LogP contribution in [0.5, 0.6) is 0 Å². The quantitative estimate of drug-likeness (QED) is 0.359. The Kier molecular flexibility index (Phi) is 6.19. The summed E-state index contributed by atoms with van der Waals surface area (Å²) in [6.45, 7) is 4.10. The zero-order chi connectivity index (χ0) is 24.6. The van der Waals surface area contributed by atoms with Crippen LogP contribution in [0.3, 0.4) is 0 Å². The van der Waals surface area contributed by atoms with Crippen LogP contribution in [0.15, 0.2) is 66.9 Å². The van der Waals surface area contributed by atoms with Gasteiger partial charge in [-0.15, -0.1) is 0 Å². The molecule has 182 valence electrons. The number of rotatable bonds is 6. The number of halogens is 1. The number of para-hydroxylation sites is 1. The molecule has 8 heteroatoms. The fourth-order valence-electron chi connectivity index (χ4n) is 5.44. The number of piperidine rings is 1. The smallest absolute Gasteiger partial charge is 0.151 e. The van der Waals surface area contributed by atoms with Gasteiger partial charge in [-0.3, -0.25) is 4.90 Å². The number of hydrogen-bond acceptors (Lipinski definition) is 4. The van der Waals surface area contributed by atoms with Gasteiger partial charge in [0.25, 0.3) is 0 Å². The Balaban J connectivity index is 1.19. The maximum Gasteiger partial charge on any atom is 0.151 e. The number of fused-ring (bicyclic) bond motifs is 2. The highest BCUT2D eigenvalue weighted by Gasteiger charge is 2.22. The minimum absolute atomic E-state index is 0.567. The van der Waals surface area contributed by atoms with Crippen molar-refractivity contribution in [3.63, 3.8) is 0 Å². The number of nitrogens with zero attached hydrogens (tertiary/aromatic N) is 5. The van der Waals surface area contributed by atoms with Crippen LogP contribution in [0.4, 0.5) is 5.82 Å². The summed E-state index contributed by atoms with van der Waals surface area (Å²) in [6, 6.07) is 20.9. The highest BCUT2D eigenvalue weighted by atomic mass is 35.5. The second-order valence-electron chi connectivity index (χ2n) is 9.95. The average molecular weight is 497 g/mol. The van der Waals surface area contributed by atoms with Crippen molar-refractivity contribution in [1.82, 2.24) is 24.1 Å². The monoisotopic (exact) mass is 496 g/mol. The van der Waals surface area contributed by atoms with Gasteiger partial charge in [0.05, 0.1) is 5.69 Å². The zero-order valence-electron chi connectivity index (χ0n) is 20.8. The molecule has 0 spiro atoms. The molecule has 0 amide bonds. The Bertz CT molecular complexity index is 1540. The Hall–Kier alpha value is -3.29. The number of nitrogens with one attached hydrogen (secondary N) is 1. The molecule has 1 aliphatic rings. The maximum absolute atomic E-state index is 6.50. The van der Waals surface area contributed by atoms with Crippen LogP contribution in [0.1, 0.15) is 18.5 Å². The zero-order valence-corrected chi connectivity index (χ0v) is 21.5. The number of hydrogen-bond donors (Lipinski definition) is 1. The number of aromatic nitrogens is 4. The molecule has 3 aromatic heterocycles. The lowest BCUT2D eigenvalue weighted by molar-refractivity contribution is 0.170. The second-order valence-corrected chi connectivity index (χ2v) is 10.4. The van der Waals surface area contributed by atoms with Crippen LogP contribution in [0.2, 0.25) is 5.02 Å². The summed E-state index contributed by atoms with van der Waals surface area (Å²) in [5, 5.41) is 10.3. The molecular weight excluding hydrogens is 467 g/mol. The van der Waals surface area contributed by atoms with E-state index in [1.165, 1.54) is 29.4 Å². The van der Waals surface area contributed by atoms with E-state index in [4.69, 9.17) is 16.6 Å². The maximum atomic E-state index is 6.50. The minimum atomic E-state index is 0.567. The van der Waals surface area contributed by atoms with E-state index in [2.05, 4.69) is 63.3 Å². The molecule has 1 aliphatic heterocycles. The van der Waals surface area contributed by atoms with E-state index in [-0.39, 0.29) is 0 Å². The van der Waals surface area contributed by atoms with Gasteiger partial charge in [0.15, 0.2) is 5.65 Å². The second kappa shape index (κ2) is 9.64. The van der Waals surface area contributed by atoms with Gasteiger partial charge in [0, 0.05) is 60.7 Å². The number of aryl methyl sites for hydroxylation is 1. The normalized spacial score (nSPS) is 16.7. The first kappa shape index (κ1) is 23.1. The lowest BCUT2D eigenvalue weighted by Crippen LogP contribution is -2.38. The summed E-state index contributed by atoms with van der Waals surface area (Å²) in [4.78, 5) is 7.47. The first-order chi connectivity index (χ1) is 17.6. The van der Waals surface area contributed by atoms with E-state index in [9.17, 15) is 0 Å². The summed E-state index contributed by atoms with van der Waals surface area (Å²) in [5.74, 6) is 1.52. The van der Waals surface area contributed by atoms with Gasteiger partial charge in [-0.05, 0) is 54.4 Å². The fraction of sp³-hybridized carbons (Fsp3) is 0.286. The Labute approximate surface area is 217 Å². The SMILES string of the molecule is Bc1cnn2c(NCC3CCCN(Cc4cc5ccccc5n4C)C3)cc(-c3ccccc3Cl)nc12. The lowest BCUT2D eigenvalue weighted by atomic mass is 9.97. The molecule has 1 atom stereocenters. The van der Waals surface area contributed by atoms with Gasteiger partial charge in [-0.25, -0.2) is 4.98 Å². The summed E-state index contributed by atoms with van der Waals surface area (Å²) >= 11 is 6.50. The molecule has 0 aliphatic carbocycles. The lowest BCUT2D eigenvalue weighted by Gasteiger charge is -2.33. The van der Waals surface area contributed by atoms with Crippen LogP contribution in [-0.2, 0) is 13.6 Å². The van der Waals surface area contributed by atoms with Crippen molar-refractivity contribution in [3.8, 4) is 11.3 Å². The summed E-state index contributed by atoms with van der Waals surface area (Å²) in [7, 11) is 4.22. The summed E-state index contributed by atoms with van der Waals surface area (Å²) in [5.41, 5.74) is 6.37. The van der Waals surface area contributed by atoms with Crippen LogP contribution >= 0.6 is 11.6 Å². The van der Waals surface area contributed by atoms with Crippen molar-refractivity contribution >= 4 is 47.3 Å². The van der Waals surface area contributed by atoms with E-state index in [0.717, 1.165) is 54.4 Å².